The van der Waals surface area contributed by atoms with Crippen molar-refractivity contribution in [3.8, 4) is 0 Å². The molecule has 1 aliphatic rings. The van der Waals surface area contributed by atoms with Crippen LogP contribution in [0, 0.1) is 5.92 Å². The topological polar surface area (TPSA) is 6.48 Å². The van der Waals surface area contributed by atoms with Crippen molar-refractivity contribution in [2.24, 2.45) is 0 Å². The Labute approximate surface area is 81.5 Å². The van der Waals surface area contributed by atoms with E-state index in [0.717, 1.165) is 0 Å². The van der Waals surface area contributed by atoms with Crippen molar-refractivity contribution in [1.82, 2.24) is 9.80 Å². The second-order valence-electron chi connectivity index (χ2n) is 3.98. The van der Waals surface area contributed by atoms with Gasteiger partial charge >= 0.3 is 0 Å². The monoisotopic (exact) mass is 179 g/mol. The molecule has 0 amide bonds. The second kappa shape index (κ2) is 3.97. The maximum atomic E-state index is 2.24. The Balaban J connectivity index is 2.73. The standard InChI is InChI=1S/C11H19N2/c1-9-8-10(12(2)3)6-7-11(9)13(4)5/h6-8,11H,1-5H3. The van der Waals surface area contributed by atoms with Gasteiger partial charge in [0.15, 0.2) is 0 Å². The highest BCUT2D eigenvalue weighted by atomic mass is 15.1. The predicted molar refractivity (Wildman–Crippen MR) is 57.3 cm³/mol. The van der Waals surface area contributed by atoms with Gasteiger partial charge in [-0.15, -0.1) is 0 Å². The van der Waals surface area contributed by atoms with Crippen molar-refractivity contribution in [3.05, 3.63) is 29.8 Å². The lowest BCUT2D eigenvalue weighted by molar-refractivity contribution is 0.356. The van der Waals surface area contributed by atoms with Gasteiger partial charge < -0.3 is 9.80 Å². The lowest BCUT2D eigenvalue weighted by Crippen LogP contribution is -2.32. The molecule has 1 rings (SSSR count). The minimum absolute atomic E-state index is 0.462. The highest BCUT2D eigenvalue weighted by Crippen LogP contribution is 2.22. The Bertz CT molecular complexity index is 226. The fourth-order valence-corrected chi connectivity index (χ4v) is 1.57. The summed E-state index contributed by atoms with van der Waals surface area (Å²) in [6.07, 6.45) is 6.66. The summed E-state index contributed by atoms with van der Waals surface area (Å²) in [6.45, 7) is 2.18. The molecule has 1 radical (unpaired) electrons. The van der Waals surface area contributed by atoms with Crippen LogP contribution in [0.25, 0.3) is 0 Å². The van der Waals surface area contributed by atoms with Crippen LogP contribution in [-0.2, 0) is 0 Å². The van der Waals surface area contributed by atoms with Crippen LogP contribution in [0.1, 0.15) is 6.92 Å². The van der Waals surface area contributed by atoms with E-state index in [-0.39, 0.29) is 0 Å². The molecule has 2 heteroatoms. The highest BCUT2D eigenvalue weighted by Gasteiger charge is 2.19. The van der Waals surface area contributed by atoms with Gasteiger partial charge in [0.05, 0.1) is 0 Å². The fourth-order valence-electron chi connectivity index (χ4n) is 1.57. The molecule has 0 saturated carbocycles. The first-order chi connectivity index (χ1) is 6.02. The van der Waals surface area contributed by atoms with Gasteiger partial charge in [-0.1, -0.05) is 19.1 Å². The molecule has 0 spiro atoms. The molecule has 0 aliphatic heterocycles. The molecule has 73 valence electrons. The molecule has 0 aromatic heterocycles. The largest absolute Gasteiger partial charge is 0.378 e. The second-order valence-corrected chi connectivity index (χ2v) is 3.98. The van der Waals surface area contributed by atoms with E-state index in [4.69, 9.17) is 0 Å². The SMILES string of the molecule is C[C]1C=C(N(C)C)C=CC1N(C)C. The van der Waals surface area contributed by atoms with Gasteiger partial charge in [-0.3, -0.25) is 0 Å². The maximum absolute atomic E-state index is 2.24. The zero-order valence-electron chi connectivity index (χ0n) is 9.20. The first-order valence-electron chi connectivity index (χ1n) is 4.59. The van der Waals surface area contributed by atoms with E-state index in [9.17, 15) is 0 Å². The Kier molecular flexibility index (Phi) is 3.15. The number of nitrogens with zero attached hydrogens (tertiary/aromatic N) is 2. The zero-order chi connectivity index (χ0) is 10.0. The summed E-state index contributed by atoms with van der Waals surface area (Å²) >= 11 is 0. The molecule has 0 fully saturated rings. The van der Waals surface area contributed by atoms with Gasteiger partial charge in [0, 0.05) is 31.8 Å². The van der Waals surface area contributed by atoms with Crippen LogP contribution in [0.3, 0.4) is 0 Å². The smallest absolute Gasteiger partial charge is 0.0374 e. The lowest BCUT2D eigenvalue weighted by atomic mass is 9.94. The number of rotatable bonds is 2. The molecule has 0 N–H and O–H groups in total. The van der Waals surface area contributed by atoms with E-state index in [1.807, 2.05) is 0 Å². The molecule has 1 atom stereocenters. The van der Waals surface area contributed by atoms with Crippen LogP contribution >= 0.6 is 0 Å². The van der Waals surface area contributed by atoms with E-state index in [1.165, 1.54) is 11.6 Å². The summed E-state index contributed by atoms with van der Waals surface area (Å²) < 4.78 is 0. The van der Waals surface area contributed by atoms with Gasteiger partial charge in [0.2, 0.25) is 0 Å². The molecule has 0 aromatic rings. The third-order valence-corrected chi connectivity index (χ3v) is 2.36. The number of likely N-dealkylation sites (N-methyl/N-ethyl adjacent to an activating group) is 2. The van der Waals surface area contributed by atoms with Crippen molar-refractivity contribution >= 4 is 0 Å². The van der Waals surface area contributed by atoms with Crippen molar-refractivity contribution < 1.29 is 0 Å². The van der Waals surface area contributed by atoms with Crippen LogP contribution in [0.4, 0.5) is 0 Å². The van der Waals surface area contributed by atoms with Crippen LogP contribution < -0.4 is 0 Å². The minimum Gasteiger partial charge on any atom is -0.378 e. The van der Waals surface area contributed by atoms with E-state index in [2.05, 4.69) is 63.1 Å². The molecule has 2 nitrogen and oxygen atoms in total. The van der Waals surface area contributed by atoms with Crippen LogP contribution in [-0.4, -0.2) is 44.0 Å². The summed E-state index contributed by atoms with van der Waals surface area (Å²) in [5, 5.41) is 0. The van der Waals surface area contributed by atoms with Crippen molar-refractivity contribution in [3.63, 3.8) is 0 Å². The van der Waals surface area contributed by atoms with Crippen LogP contribution in [0.2, 0.25) is 0 Å². The Morgan fingerprint density at radius 1 is 1.15 bits per heavy atom. The summed E-state index contributed by atoms with van der Waals surface area (Å²) in [5.74, 6) is 1.40. The average Bonchev–Trinajstić information content (AvgIpc) is 2.03. The molecule has 1 aliphatic carbocycles. The normalized spacial score (nSPS) is 23.5. The van der Waals surface area contributed by atoms with Gasteiger partial charge in [0.25, 0.3) is 0 Å². The molecule has 0 bridgehead atoms. The number of hydrogen-bond acceptors (Lipinski definition) is 2. The summed E-state index contributed by atoms with van der Waals surface area (Å²) in [7, 11) is 8.35. The van der Waals surface area contributed by atoms with Gasteiger partial charge in [-0.2, -0.15) is 0 Å². The number of allylic oxidation sites excluding steroid dienone is 1. The molecule has 0 aromatic carbocycles. The summed E-state index contributed by atoms with van der Waals surface area (Å²) in [6, 6.07) is 0.462. The zero-order valence-corrected chi connectivity index (χ0v) is 9.20. The third kappa shape index (κ3) is 2.34. The van der Waals surface area contributed by atoms with Crippen molar-refractivity contribution in [2.45, 2.75) is 13.0 Å². The van der Waals surface area contributed by atoms with E-state index < -0.39 is 0 Å². The van der Waals surface area contributed by atoms with Gasteiger partial charge in [-0.05, 0) is 20.2 Å². The molecule has 13 heavy (non-hydrogen) atoms. The van der Waals surface area contributed by atoms with E-state index >= 15 is 0 Å². The third-order valence-electron chi connectivity index (χ3n) is 2.36. The Morgan fingerprint density at radius 2 is 1.77 bits per heavy atom. The fraction of sp³-hybridized carbons (Fsp3) is 0.545. The quantitative estimate of drug-likeness (QED) is 0.634. The predicted octanol–water partition coefficient (Wildman–Crippen LogP) is 1.53. The Hall–Kier alpha value is -0.760. The number of hydrogen-bond donors (Lipinski definition) is 0. The van der Waals surface area contributed by atoms with Crippen molar-refractivity contribution in [2.75, 3.05) is 28.2 Å². The van der Waals surface area contributed by atoms with Crippen LogP contribution in [0.15, 0.2) is 23.9 Å². The average molecular weight is 179 g/mol. The maximum Gasteiger partial charge on any atom is 0.0374 e. The molecular formula is C11H19N2. The van der Waals surface area contributed by atoms with Gasteiger partial charge in [-0.25, -0.2) is 0 Å². The first kappa shape index (κ1) is 10.3. The minimum atomic E-state index is 0.462. The molecule has 0 saturated heterocycles. The molecular weight excluding hydrogens is 160 g/mol. The Morgan fingerprint density at radius 3 is 2.15 bits per heavy atom. The lowest BCUT2D eigenvalue weighted by Gasteiger charge is -2.30. The molecule has 1 unspecified atom stereocenters. The van der Waals surface area contributed by atoms with Crippen molar-refractivity contribution in [1.29, 1.82) is 0 Å². The molecule has 0 heterocycles. The first-order valence-corrected chi connectivity index (χ1v) is 4.59. The summed E-state index contributed by atoms with van der Waals surface area (Å²) in [4.78, 5) is 4.35. The van der Waals surface area contributed by atoms with Gasteiger partial charge in [0.1, 0.15) is 0 Å². The highest BCUT2D eigenvalue weighted by molar-refractivity contribution is 5.35. The van der Waals surface area contributed by atoms with E-state index in [1.54, 1.807) is 0 Å². The van der Waals surface area contributed by atoms with E-state index in [0.29, 0.717) is 6.04 Å². The summed E-state index contributed by atoms with van der Waals surface area (Å²) in [5.41, 5.74) is 1.27. The van der Waals surface area contributed by atoms with Crippen LogP contribution in [0.5, 0.6) is 0 Å².